The van der Waals surface area contributed by atoms with E-state index in [0.717, 1.165) is 34.6 Å². The van der Waals surface area contributed by atoms with E-state index in [1.165, 1.54) is 16.7 Å². The maximum atomic E-state index is 13.4. The quantitative estimate of drug-likeness (QED) is 0.417. The summed E-state index contributed by atoms with van der Waals surface area (Å²) in [5.41, 5.74) is 1.83. The minimum atomic E-state index is -1.11. The summed E-state index contributed by atoms with van der Waals surface area (Å²) in [5.74, 6) is -2.11. The average molecular weight is 434 g/mol. The Kier molecular flexibility index (Phi) is 4.80. The Morgan fingerprint density at radius 1 is 1.00 bits per heavy atom. The van der Waals surface area contributed by atoms with Crippen molar-refractivity contribution < 1.29 is 18.7 Å². The Balaban J connectivity index is 1.59. The first-order valence-corrected chi connectivity index (χ1v) is 9.83. The molecule has 0 radical (unpaired) electrons. The number of nitrogens with one attached hydrogen (secondary N) is 2. The van der Waals surface area contributed by atoms with E-state index in [1.807, 2.05) is 13.8 Å². The Hall–Kier alpha value is -3.25. The second-order valence-corrected chi connectivity index (χ2v) is 7.88. The van der Waals surface area contributed by atoms with Gasteiger partial charge in [-0.3, -0.25) is 0 Å². The van der Waals surface area contributed by atoms with Crippen molar-refractivity contribution in [3.8, 4) is 0 Å². The van der Waals surface area contributed by atoms with E-state index in [-0.39, 0.29) is 5.69 Å². The number of benzene rings is 1. The molecule has 0 atom stereocenters. The van der Waals surface area contributed by atoms with Crippen LogP contribution in [-0.2, 0) is 0 Å². The lowest BCUT2D eigenvalue weighted by Crippen LogP contribution is -2.05. The molecule has 0 aliphatic rings. The third kappa shape index (κ3) is 3.71. The van der Waals surface area contributed by atoms with Crippen LogP contribution >= 0.6 is 22.7 Å². The van der Waals surface area contributed by atoms with Gasteiger partial charge in [0.05, 0.1) is 10.2 Å². The first-order valence-electron chi connectivity index (χ1n) is 8.14. The molecule has 1 aromatic carbocycles. The molecular formula is C17H12F2N6O2S2. The van der Waals surface area contributed by atoms with Crippen LogP contribution < -0.4 is 10.6 Å². The number of thiazole rings is 2. The molecule has 0 spiro atoms. The van der Waals surface area contributed by atoms with Crippen LogP contribution in [0.1, 0.15) is 21.6 Å². The zero-order valence-electron chi connectivity index (χ0n) is 14.9. The predicted molar refractivity (Wildman–Crippen MR) is 107 cm³/mol. The molecular weight excluding hydrogens is 422 g/mol. The first kappa shape index (κ1) is 19.1. The Morgan fingerprint density at radius 2 is 1.62 bits per heavy atom. The lowest BCUT2D eigenvalue weighted by molar-refractivity contribution is 0.0691. The second-order valence-electron chi connectivity index (χ2n) is 5.99. The van der Waals surface area contributed by atoms with Crippen LogP contribution in [0.2, 0.25) is 0 Å². The molecule has 0 unspecified atom stereocenters. The molecule has 3 N–H and O–H groups in total. The third-order valence-electron chi connectivity index (χ3n) is 4.13. The normalized spacial score (nSPS) is 11.0. The topological polar surface area (TPSA) is 113 Å². The van der Waals surface area contributed by atoms with Crippen LogP contribution in [0.25, 0.3) is 10.2 Å². The van der Waals surface area contributed by atoms with E-state index in [2.05, 4.69) is 30.8 Å². The van der Waals surface area contributed by atoms with Gasteiger partial charge in [0.15, 0.2) is 39.2 Å². The number of carboxylic acids is 1. The fourth-order valence-electron chi connectivity index (χ4n) is 2.45. The molecule has 0 saturated heterocycles. The number of hydrogen-bond donors (Lipinski definition) is 3. The number of carbonyl (C=O) groups is 1. The summed E-state index contributed by atoms with van der Waals surface area (Å²) in [6.45, 7) is 3.65. The average Bonchev–Trinajstić information content (AvgIpc) is 3.28. The number of nitrogens with zero attached hydrogens (tertiary/aromatic N) is 4. The molecule has 4 aromatic rings. The molecule has 0 fully saturated rings. The predicted octanol–water partition coefficient (Wildman–Crippen LogP) is 4.62. The molecule has 0 bridgehead atoms. The zero-order valence-corrected chi connectivity index (χ0v) is 16.6. The number of aromatic carboxylic acids is 1. The molecule has 0 saturated carbocycles. The van der Waals surface area contributed by atoms with Crippen molar-refractivity contribution in [1.82, 2.24) is 20.2 Å². The maximum absolute atomic E-state index is 13.4. The van der Waals surface area contributed by atoms with Crippen LogP contribution in [0.15, 0.2) is 17.5 Å². The van der Waals surface area contributed by atoms with Gasteiger partial charge in [0.1, 0.15) is 0 Å². The van der Waals surface area contributed by atoms with Crippen molar-refractivity contribution in [2.75, 3.05) is 10.6 Å². The fraction of sp³-hybridized carbons (Fsp3) is 0.118. The second kappa shape index (κ2) is 7.29. The number of carboxylic acid groups (broad SMARTS) is 1. The smallest absolute Gasteiger partial charge is 0.355 e. The highest BCUT2D eigenvalue weighted by atomic mass is 32.1. The van der Waals surface area contributed by atoms with Crippen LogP contribution in [0.4, 0.5) is 30.7 Å². The van der Waals surface area contributed by atoms with Gasteiger partial charge in [-0.15, -0.1) is 21.5 Å². The first-order chi connectivity index (χ1) is 13.8. The van der Waals surface area contributed by atoms with Crippen molar-refractivity contribution >= 4 is 60.8 Å². The summed E-state index contributed by atoms with van der Waals surface area (Å²) >= 11 is 2.31. The van der Waals surface area contributed by atoms with Gasteiger partial charge in [0.2, 0.25) is 0 Å². The Labute approximate surface area is 170 Å². The van der Waals surface area contributed by atoms with Gasteiger partial charge >= 0.3 is 5.97 Å². The molecule has 3 heterocycles. The Morgan fingerprint density at radius 3 is 2.24 bits per heavy atom. The summed E-state index contributed by atoms with van der Waals surface area (Å²) in [6, 6.07) is 2.15. The van der Waals surface area contributed by atoms with Gasteiger partial charge in [0, 0.05) is 22.6 Å². The van der Waals surface area contributed by atoms with Gasteiger partial charge in [0.25, 0.3) is 0 Å². The maximum Gasteiger partial charge on any atom is 0.355 e. The number of anilines is 4. The molecule has 12 heteroatoms. The molecule has 0 aliphatic carbocycles. The number of hydrogen-bond acceptors (Lipinski definition) is 9. The van der Waals surface area contributed by atoms with E-state index in [4.69, 9.17) is 5.11 Å². The minimum absolute atomic E-state index is 0.0539. The molecule has 8 nitrogen and oxygen atoms in total. The lowest BCUT2D eigenvalue weighted by Gasteiger charge is -2.11. The molecule has 0 aliphatic heterocycles. The van der Waals surface area contributed by atoms with Crippen LogP contribution in [-0.4, -0.2) is 31.2 Å². The summed E-state index contributed by atoms with van der Waals surface area (Å²) in [4.78, 5) is 19.1. The third-order valence-corrected chi connectivity index (χ3v) is 5.82. The molecule has 148 valence electrons. The summed E-state index contributed by atoms with van der Waals surface area (Å²) in [6.07, 6.45) is 0. The zero-order chi connectivity index (χ0) is 20.7. The minimum Gasteiger partial charge on any atom is -0.476 e. The summed E-state index contributed by atoms with van der Waals surface area (Å²) in [5, 5.41) is 25.4. The van der Waals surface area contributed by atoms with Crippen molar-refractivity contribution in [2.45, 2.75) is 13.8 Å². The lowest BCUT2D eigenvalue weighted by atomic mass is 10.2. The van der Waals surface area contributed by atoms with Crippen LogP contribution in [0, 0.1) is 25.5 Å². The fourth-order valence-corrected chi connectivity index (χ4v) is 4.01. The van der Waals surface area contributed by atoms with Gasteiger partial charge in [-0.25, -0.2) is 23.5 Å². The summed E-state index contributed by atoms with van der Waals surface area (Å²) < 4.78 is 27.3. The monoisotopic (exact) mass is 434 g/mol. The SMILES string of the molecule is Cc1c(Nc2nc(C(=O)O)cs2)nnc(Nc2nc3cc(F)c(F)cc3s2)c1C. The molecule has 3 aromatic heterocycles. The van der Waals surface area contributed by atoms with Crippen LogP contribution in [0.3, 0.4) is 0 Å². The van der Waals surface area contributed by atoms with Crippen molar-refractivity contribution in [1.29, 1.82) is 0 Å². The Bertz CT molecular complexity index is 1220. The highest BCUT2D eigenvalue weighted by molar-refractivity contribution is 7.22. The van der Waals surface area contributed by atoms with Crippen LogP contribution in [0.5, 0.6) is 0 Å². The van der Waals surface area contributed by atoms with E-state index in [0.29, 0.717) is 32.1 Å². The van der Waals surface area contributed by atoms with E-state index in [1.54, 1.807) is 0 Å². The van der Waals surface area contributed by atoms with Crippen molar-refractivity contribution in [3.05, 3.63) is 46.0 Å². The number of rotatable bonds is 5. The molecule has 0 amide bonds. The van der Waals surface area contributed by atoms with Gasteiger partial charge in [-0.1, -0.05) is 11.3 Å². The highest BCUT2D eigenvalue weighted by Gasteiger charge is 2.15. The largest absolute Gasteiger partial charge is 0.476 e. The van der Waals surface area contributed by atoms with E-state index < -0.39 is 17.6 Å². The van der Waals surface area contributed by atoms with Crippen molar-refractivity contribution in [2.24, 2.45) is 0 Å². The highest BCUT2D eigenvalue weighted by Crippen LogP contribution is 2.32. The van der Waals surface area contributed by atoms with E-state index in [9.17, 15) is 13.6 Å². The van der Waals surface area contributed by atoms with Crippen molar-refractivity contribution in [3.63, 3.8) is 0 Å². The van der Waals surface area contributed by atoms with Gasteiger partial charge in [-0.2, -0.15) is 0 Å². The summed E-state index contributed by atoms with van der Waals surface area (Å²) in [7, 11) is 0. The van der Waals surface area contributed by atoms with E-state index >= 15 is 0 Å². The molecule has 29 heavy (non-hydrogen) atoms. The molecule has 4 rings (SSSR count). The van der Waals surface area contributed by atoms with Gasteiger partial charge in [-0.05, 0) is 19.9 Å². The number of halogens is 2. The van der Waals surface area contributed by atoms with Gasteiger partial charge < -0.3 is 15.7 Å². The number of fused-ring (bicyclic) bond motifs is 1. The standard InChI is InChI=1S/C17H12F2N6O2S2/c1-6-7(2)14(23-17-20-10-3-8(18)9(19)4-12(10)29-17)25-24-13(6)22-16-21-11(5-28-16)15(26)27/h3-5H,1-2H3,(H,26,27)(H,20,23,25)(H,21,22,24). The number of aromatic nitrogens is 4.